The molecular formula is C12H24N2O5S. The predicted octanol–water partition coefficient (Wildman–Crippen LogP) is -0.782. The second kappa shape index (κ2) is 16.2. The Morgan fingerprint density at radius 1 is 0.950 bits per heavy atom. The van der Waals surface area contributed by atoms with E-state index in [1.807, 2.05) is 0 Å². The van der Waals surface area contributed by atoms with Crippen LogP contribution in [0.2, 0.25) is 0 Å². The third-order valence-corrected chi connectivity index (χ3v) is 2.35. The Labute approximate surface area is 125 Å². The van der Waals surface area contributed by atoms with Gasteiger partial charge in [-0.3, -0.25) is 9.59 Å². The maximum Gasteiger partial charge on any atom is 0.220 e. The Morgan fingerprint density at radius 2 is 1.50 bits per heavy atom. The number of ether oxygens (including phenoxy) is 3. The van der Waals surface area contributed by atoms with Crippen LogP contribution in [-0.2, 0) is 23.8 Å². The molecule has 20 heavy (non-hydrogen) atoms. The minimum atomic E-state index is -0.0129. The summed E-state index contributed by atoms with van der Waals surface area (Å²) < 4.78 is 15.7. The summed E-state index contributed by atoms with van der Waals surface area (Å²) in [6.07, 6.45) is 1.06. The van der Waals surface area contributed by atoms with Gasteiger partial charge in [-0.15, -0.1) is 0 Å². The van der Waals surface area contributed by atoms with E-state index in [-0.39, 0.29) is 5.91 Å². The van der Waals surface area contributed by atoms with Gasteiger partial charge in [0.25, 0.3) is 0 Å². The molecule has 0 saturated carbocycles. The van der Waals surface area contributed by atoms with Crippen LogP contribution in [0, 0.1) is 0 Å². The molecule has 0 bridgehead atoms. The van der Waals surface area contributed by atoms with Gasteiger partial charge in [0.1, 0.15) is 0 Å². The van der Waals surface area contributed by atoms with Crippen LogP contribution in [0.25, 0.3) is 0 Å². The lowest BCUT2D eigenvalue weighted by Crippen LogP contribution is -2.27. The van der Waals surface area contributed by atoms with Crippen molar-refractivity contribution in [1.82, 2.24) is 10.6 Å². The molecule has 0 spiro atoms. The normalized spacial score (nSPS) is 10.2. The van der Waals surface area contributed by atoms with Crippen molar-refractivity contribution in [3.05, 3.63) is 0 Å². The summed E-state index contributed by atoms with van der Waals surface area (Å²) in [6, 6.07) is 0. The average molecular weight is 308 g/mol. The second-order valence-electron chi connectivity index (χ2n) is 3.73. The molecule has 0 fully saturated rings. The van der Waals surface area contributed by atoms with Gasteiger partial charge in [0.2, 0.25) is 12.3 Å². The molecule has 0 aromatic heterocycles. The number of carbonyl (C=O) groups excluding carboxylic acids is 2. The highest BCUT2D eigenvalue weighted by atomic mass is 32.1. The summed E-state index contributed by atoms with van der Waals surface area (Å²) in [5, 5.41) is 5.21. The van der Waals surface area contributed by atoms with E-state index in [9.17, 15) is 9.59 Å². The van der Waals surface area contributed by atoms with Crippen molar-refractivity contribution in [3.8, 4) is 0 Å². The maximum atomic E-state index is 11.1. The maximum absolute atomic E-state index is 11.1. The fourth-order valence-corrected chi connectivity index (χ4v) is 1.39. The van der Waals surface area contributed by atoms with Gasteiger partial charge in [0.15, 0.2) is 0 Å². The largest absolute Gasteiger partial charge is 0.377 e. The summed E-state index contributed by atoms with van der Waals surface area (Å²) in [5.74, 6) is 0.537. The van der Waals surface area contributed by atoms with Crippen molar-refractivity contribution < 1.29 is 23.8 Å². The molecule has 0 saturated heterocycles. The van der Waals surface area contributed by atoms with Crippen molar-refractivity contribution in [2.75, 3.05) is 58.5 Å². The second-order valence-corrected chi connectivity index (χ2v) is 4.18. The lowest BCUT2D eigenvalue weighted by Gasteiger charge is -2.07. The first-order chi connectivity index (χ1) is 9.81. The standard InChI is InChI=1S/C12H24N2O5S/c15-11-13-2-4-17-6-8-19-9-7-18-5-3-14-12(16)1-10-20/h11,20H,1-10H2,(H,13,15)(H,14,16). The molecule has 0 aromatic carbocycles. The molecule has 0 heterocycles. The molecule has 7 nitrogen and oxygen atoms in total. The highest BCUT2D eigenvalue weighted by Gasteiger charge is 1.97. The highest BCUT2D eigenvalue weighted by molar-refractivity contribution is 7.80. The van der Waals surface area contributed by atoms with Gasteiger partial charge in [-0.2, -0.15) is 12.6 Å². The zero-order valence-corrected chi connectivity index (χ0v) is 12.5. The molecular weight excluding hydrogens is 284 g/mol. The van der Waals surface area contributed by atoms with E-state index in [1.54, 1.807) is 0 Å². The van der Waals surface area contributed by atoms with Crippen molar-refractivity contribution >= 4 is 24.9 Å². The molecule has 0 aromatic rings. The fraction of sp³-hybridized carbons (Fsp3) is 0.833. The number of nitrogens with one attached hydrogen (secondary N) is 2. The van der Waals surface area contributed by atoms with Gasteiger partial charge in [-0.1, -0.05) is 0 Å². The highest BCUT2D eigenvalue weighted by Crippen LogP contribution is 1.84. The Morgan fingerprint density at radius 3 is 2.05 bits per heavy atom. The topological polar surface area (TPSA) is 85.9 Å². The molecule has 0 atom stereocenters. The molecule has 118 valence electrons. The number of rotatable bonds is 15. The Kier molecular flexibility index (Phi) is 15.6. The zero-order valence-electron chi connectivity index (χ0n) is 11.6. The third kappa shape index (κ3) is 15.2. The van der Waals surface area contributed by atoms with Crippen LogP contribution in [-0.4, -0.2) is 70.8 Å². The van der Waals surface area contributed by atoms with Crippen molar-refractivity contribution in [1.29, 1.82) is 0 Å². The number of hydrogen-bond donors (Lipinski definition) is 3. The number of thiol groups is 1. The van der Waals surface area contributed by atoms with Crippen molar-refractivity contribution in [2.45, 2.75) is 6.42 Å². The SMILES string of the molecule is O=CNCCOCCOCCOCCNC(=O)CCS. The Hall–Kier alpha value is -0.830. The number of hydrogen-bond acceptors (Lipinski definition) is 6. The Bertz CT molecular complexity index is 244. The Balaban J connectivity index is 3.02. The zero-order chi connectivity index (χ0) is 14.9. The molecule has 0 unspecified atom stereocenters. The minimum Gasteiger partial charge on any atom is -0.377 e. The predicted molar refractivity (Wildman–Crippen MR) is 78.0 cm³/mol. The molecule has 0 aliphatic heterocycles. The smallest absolute Gasteiger partial charge is 0.220 e. The summed E-state index contributed by atoms with van der Waals surface area (Å²) in [6.45, 7) is 3.89. The van der Waals surface area contributed by atoms with Gasteiger partial charge in [0.05, 0.1) is 39.6 Å². The van der Waals surface area contributed by atoms with Gasteiger partial charge in [0, 0.05) is 19.5 Å². The fourth-order valence-electron chi connectivity index (χ4n) is 1.18. The van der Waals surface area contributed by atoms with Crippen LogP contribution in [0.5, 0.6) is 0 Å². The molecule has 0 aliphatic carbocycles. The van der Waals surface area contributed by atoms with Gasteiger partial charge in [-0.05, 0) is 5.75 Å². The molecule has 8 heteroatoms. The van der Waals surface area contributed by atoms with Crippen LogP contribution in [0.4, 0.5) is 0 Å². The first-order valence-electron chi connectivity index (χ1n) is 6.59. The molecule has 0 aliphatic rings. The molecule has 2 N–H and O–H groups in total. The van der Waals surface area contributed by atoms with E-state index < -0.39 is 0 Å². The summed E-state index contributed by atoms with van der Waals surface area (Å²) >= 11 is 3.96. The molecule has 2 amide bonds. The summed E-state index contributed by atoms with van der Waals surface area (Å²) in [5.41, 5.74) is 0. The average Bonchev–Trinajstić information content (AvgIpc) is 2.44. The lowest BCUT2D eigenvalue weighted by atomic mass is 10.4. The van der Waals surface area contributed by atoms with Crippen LogP contribution >= 0.6 is 12.6 Å². The van der Waals surface area contributed by atoms with Crippen LogP contribution < -0.4 is 10.6 Å². The van der Waals surface area contributed by atoms with E-state index in [0.29, 0.717) is 71.3 Å². The molecule has 0 radical (unpaired) electrons. The van der Waals surface area contributed by atoms with Gasteiger partial charge in [-0.25, -0.2) is 0 Å². The minimum absolute atomic E-state index is 0.0129. The van der Waals surface area contributed by atoms with Crippen LogP contribution in [0.15, 0.2) is 0 Å². The van der Waals surface area contributed by atoms with E-state index >= 15 is 0 Å². The van der Waals surface area contributed by atoms with E-state index in [2.05, 4.69) is 23.3 Å². The number of amides is 2. The van der Waals surface area contributed by atoms with E-state index in [0.717, 1.165) is 0 Å². The van der Waals surface area contributed by atoms with Gasteiger partial charge >= 0.3 is 0 Å². The quantitative estimate of drug-likeness (QED) is 0.210. The number of carbonyl (C=O) groups is 2. The summed E-state index contributed by atoms with van der Waals surface area (Å²) in [4.78, 5) is 21.0. The summed E-state index contributed by atoms with van der Waals surface area (Å²) in [7, 11) is 0. The van der Waals surface area contributed by atoms with E-state index in [1.165, 1.54) is 0 Å². The third-order valence-electron chi connectivity index (χ3n) is 2.13. The van der Waals surface area contributed by atoms with E-state index in [4.69, 9.17) is 14.2 Å². The monoisotopic (exact) mass is 308 g/mol. The van der Waals surface area contributed by atoms with Crippen LogP contribution in [0.1, 0.15) is 6.42 Å². The molecule has 0 rings (SSSR count). The first kappa shape index (κ1) is 19.2. The van der Waals surface area contributed by atoms with Crippen molar-refractivity contribution in [2.24, 2.45) is 0 Å². The van der Waals surface area contributed by atoms with Crippen molar-refractivity contribution in [3.63, 3.8) is 0 Å². The first-order valence-corrected chi connectivity index (χ1v) is 7.22. The lowest BCUT2D eigenvalue weighted by molar-refractivity contribution is -0.121. The van der Waals surface area contributed by atoms with Gasteiger partial charge < -0.3 is 24.8 Å². The van der Waals surface area contributed by atoms with Crippen LogP contribution in [0.3, 0.4) is 0 Å².